The molecule has 3 aromatic carbocycles. The van der Waals surface area contributed by atoms with Crippen LogP contribution in [0.4, 0.5) is 9.59 Å². The first kappa shape index (κ1) is 33.1. The Labute approximate surface area is 255 Å². The molecule has 0 aliphatic rings. The minimum atomic E-state index is -1.13. The Morgan fingerprint density at radius 1 is 0.556 bits per heavy atom. The molecule has 3 aromatic rings. The van der Waals surface area contributed by atoms with Crippen molar-refractivity contribution in [3.05, 3.63) is 109 Å². The molecule has 0 aliphatic heterocycles. The van der Waals surface area contributed by atoms with E-state index >= 15 is 0 Å². The van der Waals surface area contributed by atoms with Gasteiger partial charge in [-0.05, 0) is 79.2 Å². The SMILES string of the molecule is C=CC(=O)OCOC(=O)Oc1ccc(C(=O)Oc2ccc(OC(=O)c3ccc(OC(=O)OCOC(=O)C=C)cc3)c(C)c2)cc1. The van der Waals surface area contributed by atoms with E-state index in [9.17, 15) is 28.8 Å². The number of rotatable bonds is 12. The summed E-state index contributed by atoms with van der Waals surface area (Å²) in [5.41, 5.74) is 0.762. The zero-order valence-electron chi connectivity index (χ0n) is 23.5. The average Bonchev–Trinajstić information content (AvgIpc) is 3.02. The largest absolute Gasteiger partial charge is 0.516 e. The first-order valence-corrected chi connectivity index (χ1v) is 12.6. The van der Waals surface area contributed by atoms with E-state index in [-0.39, 0.29) is 34.1 Å². The van der Waals surface area contributed by atoms with Gasteiger partial charge in [-0.1, -0.05) is 13.2 Å². The van der Waals surface area contributed by atoms with Gasteiger partial charge >= 0.3 is 36.2 Å². The Hall–Kier alpha value is -6.44. The van der Waals surface area contributed by atoms with E-state index in [1.807, 2.05) is 0 Å². The van der Waals surface area contributed by atoms with Crippen molar-refractivity contribution in [1.82, 2.24) is 0 Å². The van der Waals surface area contributed by atoms with Crippen LogP contribution < -0.4 is 18.9 Å². The van der Waals surface area contributed by atoms with Gasteiger partial charge in [-0.3, -0.25) is 0 Å². The van der Waals surface area contributed by atoms with Gasteiger partial charge in [0.05, 0.1) is 11.1 Å². The molecule has 45 heavy (non-hydrogen) atoms. The van der Waals surface area contributed by atoms with E-state index in [0.717, 1.165) is 12.2 Å². The lowest BCUT2D eigenvalue weighted by atomic mass is 10.2. The van der Waals surface area contributed by atoms with Crippen LogP contribution in [0.2, 0.25) is 0 Å². The summed E-state index contributed by atoms with van der Waals surface area (Å²) in [7, 11) is 0. The topological polar surface area (TPSA) is 176 Å². The highest BCUT2D eigenvalue weighted by Crippen LogP contribution is 2.26. The van der Waals surface area contributed by atoms with E-state index in [0.29, 0.717) is 5.56 Å². The minimum absolute atomic E-state index is 0.0574. The number of benzene rings is 3. The Morgan fingerprint density at radius 2 is 0.978 bits per heavy atom. The molecule has 0 unspecified atom stereocenters. The third-order valence-electron chi connectivity index (χ3n) is 5.23. The fourth-order valence-corrected chi connectivity index (χ4v) is 3.08. The van der Waals surface area contributed by atoms with Gasteiger partial charge in [0, 0.05) is 12.2 Å². The molecule has 14 nitrogen and oxygen atoms in total. The number of carbonyl (C=O) groups is 6. The van der Waals surface area contributed by atoms with Gasteiger partial charge in [-0.15, -0.1) is 0 Å². The van der Waals surface area contributed by atoms with Gasteiger partial charge < -0.3 is 37.9 Å². The zero-order chi connectivity index (χ0) is 32.8. The second-order valence-electron chi connectivity index (χ2n) is 8.32. The maximum Gasteiger partial charge on any atom is 0.516 e. The molecule has 0 radical (unpaired) electrons. The number of esters is 4. The van der Waals surface area contributed by atoms with E-state index in [1.165, 1.54) is 66.7 Å². The zero-order valence-corrected chi connectivity index (χ0v) is 23.5. The van der Waals surface area contributed by atoms with Crippen LogP contribution in [0, 0.1) is 6.92 Å². The Bertz CT molecular complexity index is 1590. The maximum atomic E-state index is 12.6. The molecule has 232 valence electrons. The second-order valence-corrected chi connectivity index (χ2v) is 8.32. The van der Waals surface area contributed by atoms with E-state index < -0.39 is 49.8 Å². The van der Waals surface area contributed by atoms with E-state index in [1.54, 1.807) is 6.92 Å². The van der Waals surface area contributed by atoms with Crippen molar-refractivity contribution in [2.24, 2.45) is 0 Å². The average molecular weight is 621 g/mol. The Kier molecular flexibility index (Phi) is 12.0. The number of ether oxygens (including phenoxy) is 8. The molecule has 0 atom stereocenters. The van der Waals surface area contributed by atoms with Crippen LogP contribution in [0.1, 0.15) is 26.3 Å². The van der Waals surface area contributed by atoms with Gasteiger partial charge in [0.1, 0.15) is 23.0 Å². The third kappa shape index (κ3) is 10.7. The predicted molar refractivity (Wildman–Crippen MR) is 151 cm³/mol. The summed E-state index contributed by atoms with van der Waals surface area (Å²) in [6.07, 6.45) is -0.460. The molecule has 0 saturated carbocycles. The smallest absolute Gasteiger partial charge is 0.425 e. The fraction of sp³-hybridized carbons (Fsp3) is 0.0968. The molecule has 0 N–H and O–H groups in total. The van der Waals surface area contributed by atoms with Crippen molar-refractivity contribution in [3.8, 4) is 23.0 Å². The second kappa shape index (κ2) is 16.3. The number of hydrogen-bond acceptors (Lipinski definition) is 14. The quantitative estimate of drug-likeness (QED) is 0.0883. The summed E-state index contributed by atoms with van der Waals surface area (Å²) < 4.78 is 38.8. The van der Waals surface area contributed by atoms with Crippen molar-refractivity contribution in [3.63, 3.8) is 0 Å². The molecule has 0 amide bonds. The molecule has 0 aliphatic carbocycles. The van der Waals surface area contributed by atoms with Crippen LogP contribution in [0.15, 0.2) is 92.0 Å². The predicted octanol–water partition coefficient (Wildman–Crippen LogP) is 4.84. The lowest BCUT2D eigenvalue weighted by Crippen LogP contribution is -2.15. The van der Waals surface area contributed by atoms with Gasteiger partial charge in [0.25, 0.3) is 0 Å². The van der Waals surface area contributed by atoms with Gasteiger partial charge in [0.15, 0.2) is 0 Å². The summed E-state index contributed by atoms with van der Waals surface area (Å²) in [4.78, 5) is 70.3. The van der Waals surface area contributed by atoms with Crippen LogP contribution in [0.5, 0.6) is 23.0 Å². The van der Waals surface area contributed by atoms with Crippen molar-refractivity contribution < 1.29 is 66.7 Å². The molecule has 14 heteroatoms. The van der Waals surface area contributed by atoms with E-state index in [4.69, 9.17) is 18.9 Å². The number of hydrogen-bond donors (Lipinski definition) is 0. The van der Waals surface area contributed by atoms with Crippen LogP contribution >= 0.6 is 0 Å². The van der Waals surface area contributed by atoms with Crippen molar-refractivity contribution in [2.75, 3.05) is 13.6 Å². The van der Waals surface area contributed by atoms with Crippen LogP contribution in [-0.2, 0) is 28.5 Å². The summed E-state index contributed by atoms with van der Waals surface area (Å²) in [5, 5.41) is 0. The van der Waals surface area contributed by atoms with Gasteiger partial charge in [-0.2, -0.15) is 0 Å². The van der Waals surface area contributed by atoms with E-state index in [2.05, 4.69) is 32.1 Å². The number of carbonyl (C=O) groups excluding carboxylic acids is 6. The van der Waals surface area contributed by atoms with Crippen molar-refractivity contribution in [2.45, 2.75) is 6.92 Å². The lowest BCUT2D eigenvalue weighted by Gasteiger charge is -2.11. The minimum Gasteiger partial charge on any atom is -0.425 e. The lowest BCUT2D eigenvalue weighted by molar-refractivity contribution is -0.147. The molecule has 0 aromatic heterocycles. The van der Waals surface area contributed by atoms with Gasteiger partial charge in [0.2, 0.25) is 13.6 Å². The highest BCUT2D eigenvalue weighted by molar-refractivity contribution is 5.92. The van der Waals surface area contributed by atoms with Crippen molar-refractivity contribution >= 4 is 36.2 Å². The number of aryl methyl sites for hydroxylation is 1. The molecule has 0 saturated heterocycles. The fourth-order valence-electron chi connectivity index (χ4n) is 3.08. The molecule has 0 bridgehead atoms. The normalized spacial score (nSPS) is 9.89. The molecule has 0 spiro atoms. The molecule has 3 rings (SSSR count). The standard InChI is InChI=1S/C31H24O14/c1-4-26(32)38-17-40-30(36)43-22-10-6-20(7-11-22)28(34)42-24-14-15-25(19(3)16-24)45-29(35)21-8-12-23(13-9-21)44-31(37)41-18-39-27(33)5-2/h4-16H,1-2,17-18H2,3H3. The summed E-state index contributed by atoms with van der Waals surface area (Å²) in [6.45, 7) is 6.71. The highest BCUT2D eigenvalue weighted by Gasteiger charge is 2.15. The maximum absolute atomic E-state index is 12.6. The van der Waals surface area contributed by atoms with Crippen LogP contribution in [-0.4, -0.2) is 49.8 Å². The van der Waals surface area contributed by atoms with Gasteiger partial charge in [-0.25, -0.2) is 28.8 Å². The van der Waals surface area contributed by atoms with Crippen LogP contribution in [0.3, 0.4) is 0 Å². The summed E-state index contributed by atoms with van der Waals surface area (Å²) in [6, 6.07) is 15.1. The summed E-state index contributed by atoms with van der Waals surface area (Å²) in [5.74, 6) is -2.49. The molecule has 0 heterocycles. The molecular weight excluding hydrogens is 596 g/mol. The third-order valence-corrected chi connectivity index (χ3v) is 5.23. The van der Waals surface area contributed by atoms with Crippen molar-refractivity contribution in [1.29, 1.82) is 0 Å². The Balaban J connectivity index is 1.49. The first-order valence-electron chi connectivity index (χ1n) is 12.6. The molecular formula is C31H24O14. The van der Waals surface area contributed by atoms with Crippen LogP contribution in [0.25, 0.3) is 0 Å². The Morgan fingerprint density at radius 3 is 1.40 bits per heavy atom. The molecule has 0 fully saturated rings. The first-order chi connectivity index (χ1) is 21.6. The summed E-state index contributed by atoms with van der Waals surface area (Å²) >= 11 is 0. The monoisotopic (exact) mass is 620 g/mol. The highest BCUT2D eigenvalue weighted by atomic mass is 16.8.